The highest BCUT2D eigenvalue weighted by Crippen LogP contribution is 2.45. The molecule has 0 saturated heterocycles. The molecule has 2 heterocycles. The summed E-state index contributed by atoms with van der Waals surface area (Å²) in [6, 6.07) is 9.44. The Hall–Kier alpha value is -2.40. The standard InChI is InChI=1S/C20H18ClN3O2/c21-15-4-2-1-3-13(15)10-22-19(25)14-9-16(11-5-6-11)23-20-17(14)18(24-26-20)12-7-8-12/h1-4,9,11-12H,5-8,10H2,(H,22,25). The molecule has 1 aromatic carbocycles. The summed E-state index contributed by atoms with van der Waals surface area (Å²) in [6.07, 6.45) is 4.41. The maximum Gasteiger partial charge on any atom is 0.259 e. The molecule has 1 N–H and O–H groups in total. The Balaban J connectivity index is 1.50. The minimum Gasteiger partial charge on any atom is -0.348 e. The van der Waals surface area contributed by atoms with E-state index in [4.69, 9.17) is 16.1 Å². The molecular weight excluding hydrogens is 350 g/mol. The molecule has 0 aliphatic heterocycles. The van der Waals surface area contributed by atoms with Gasteiger partial charge in [-0.05, 0) is 43.4 Å². The van der Waals surface area contributed by atoms with Crippen LogP contribution in [-0.2, 0) is 6.54 Å². The normalized spacial score (nSPS) is 16.8. The summed E-state index contributed by atoms with van der Waals surface area (Å²) in [4.78, 5) is 17.6. The Kier molecular flexibility index (Phi) is 3.71. The van der Waals surface area contributed by atoms with Gasteiger partial charge >= 0.3 is 0 Å². The molecule has 0 spiro atoms. The van der Waals surface area contributed by atoms with Crippen molar-refractivity contribution in [3.63, 3.8) is 0 Å². The third-order valence-electron chi connectivity index (χ3n) is 5.09. The first-order chi connectivity index (χ1) is 12.7. The van der Waals surface area contributed by atoms with E-state index < -0.39 is 0 Å². The number of pyridine rings is 1. The number of rotatable bonds is 5. The van der Waals surface area contributed by atoms with Crippen LogP contribution in [0.5, 0.6) is 0 Å². The van der Waals surface area contributed by atoms with Crippen LogP contribution >= 0.6 is 11.6 Å². The maximum atomic E-state index is 13.0. The molecule has 2 saturated carbocycles. The molecule has 26 heavy (non-hydrogen) atoms. The molecule has 0 atom stereocenters. The summed E-state index contributed by atoms with van der Waals surface area (Å²) in [7, 11) is 0. The summed E-state index contributed by atoms with van der Waals surface area (Å²) < 4.78 is 5.48. The van der Waals surface area contributed by atoms with E-state index in [0.717, 1.165) is 48.0 Å². The molecular formula is C20H18ClN3O2. The van der Waals surface area contributed by atoms with Crippen molar-refractivity contribution in [2.45, 2.75) is 44.1 Å². The van der Waals surface area contributed by atoms with Crippen molar-refractivity contribution in [3.05, 3.63) is 57.9 Å². The zero-order valence-corrected chi connectivity index (χ0v) is 14.9. The largest absolute Gasteiger partial charge is 0.348 e. The highest BCUT2D eigenvalue weighted by atomic mass is 35.5. The molecule has 5 rings (SSSR count). The third kappa shape index (κ3) is 2.86. The van der Waals surface area contributed by atoms with E-state index in [9.17, 15) is 4.79 Å². The lowest BCUT2D eigenvalue weighted by Gasteiger charge is -2.09. The Labute approximate surface area is 155 Å². The molecule has 0 unspecified atom stereocenters. The topological polar surface area (TPSA) is 68.0 Å². The lowest BCUT2D eigenvalue weighted by molar-refractivity contribution is 0.0952. The number of halogens is 1. The van der Waals surface area contributed by atoms with Crippen LogP contribution in [0.15, 0.2) is 34.9 Å². The van der Waals surface area contributed by atoms with Crippen LogP contribution in [0.4, 0.5) is 0 Å². The summed E-state index contributed by atoms with van der Waals surface area (Å²) in [5.41, 5.74) is 3.80. The molecule has 6 heteroatoms. The number of carbonyl (C=O) groups is 1. The predicted molar refractivity (Wildman–Crippen MR) is 98.4 cm³/mol. The number of fused-ring (bicyclic) bond motifs is 1. The first kappa shape index (κ1) is 15.8. The van der Waals surface area contributed by atoms with E-state index >= 15 is 0 Å². The van der Waals surface area contributed by atoms with Gasteiger partial charge in [0.05, 0.1) is 16.6 Å². The number of hydrogen-bond acceptors (Lipinski definition) is 4. The van der Waals surface area contributed by atoms with Crippen molar-refractivity contribution in [1.29, 1.82) is 0 Å². The Morgan fingerprint density at radius 3 is 2.69 bits per heavy atom. The highest BCUT2D eigenvalue weighted by molar-refractivity contribution is 6.31. The molecule has 3 aromatic rings. The summed E-state index contributed by atoms with van der Waals surface area (Å²) in [5, 5.41) is 8.63. The zero-order chi connectivity index (χ0) is 17.7. The molecule has 2 aliphatic rings. The molecule has 5 nitrogen and oxygen atoms in total. The smallest absolute Gasteiger partial charge is 0.259 e. The van der Waals surface area contributed by atoms with Gasteiger partial charge in [0.25, 0.3) is 11.6 Å². The number of nitrogens with zero attached hydrogens (tertiary/aromatic N) is 2. The lowest BCUT2D eigenvalue weighted by atomic mass is 10.0. The Morgan fingerprint density at radius 2 is 1.96 bits per heavy atom. The lowest BCUT2D eigenvalue weighted by Crippen LogP contribution is -2.23. The quantitative estimate of drug-likeness (QED) is 0.717. The van der Waals surface area contributed by atoms with Crippen molar-refractivity contribution in [3.8, 4) is 0 Å². The van der Waals surface area contributed by atoms with E-state index in [0.29, 0.717) is 34.7 Å². The average molecular weight is 368 g/mol. The fourth-order valence-corrected chi connectivity index (χ4v) is 3.51. The number of nitrogens with one attached hydrogen (secondary N) is 1. The number of aromatic nitrogens is 2. The fraction of sp³-hybridized carbons (Fsp3) is 0.350. The van der Waals surface area contributed by atoms with Gasteiger partial charge in [-0.15, -0.1) is 0 Å². The van der Waals surface area contributed by atoms with Crippen molar-refractivity contribution in [2.75, 3.05) is 0 Å². The second-order valence-corrected chi connectivity index (χ2v) is 7.57. The minimum atomic E-state index is -0.135. The van der Waals surface area contributed by atoms with Crippen LogP contribution < -0.4 is 5.32 Å². The molecule has 132 valence electrons. The van der Waals surface area contributed by atoms with Gasteiger partial charge < -0.3 is 9.84 Å². The SMILES string of the molecule is O=C(NCc1ccccc1Cl)c1cc(C2CC2)nc2onc(C3CC3)c12. The molecule has 0 bridgehead atoms. The van der Waals surface area contributed by atoms with Crippen molar-refractivity contribution in [1.82, 2.24) is 15.5 Å². The number of carbonyl (C=O) groups excluding carboxylic acids is 1. The maximum absolute atomic E-state index is 13.0. The molecule has 2 fully saturated rings. The van der Waals surface area contributed by atoms with Crippen LogP contribution in [0.3, 0.4) is 0 Å². The average Bonchev–Trinajstić information content (AvgIpc) is 3.57. The summed E-state index contributed by atoms with van der Waals surface area (Å²) in [6.45, 7) is 0.380. The van der Waals surface area contributed by atoms with Crippen LogP contribution in [0.25, 0.3) is 11.1 Å². The van der Waals surface area contributed by atoms with E-state index in [-0.39, 0.29) is 5.91 Å². The summed E-state index contributed by atoms with van der Waals surface area (Å²) in [5.74, 6) is 0.688. The second-order valence-electron chi connectivity index (χ2n) is 7.17. The minimum absolute atomic E-state index is 0.135. The Bertz CT molecular complexity index is 1010. The van der Waals surface area contributed by atoms with E-state index in [1.54, 1.807) is 0 Å². The van der Waals surface area contributed by atoms with E-state index in [1.165, 1.54) is 0 Å². The van der Waals surface area contributed by atoms with Gasteiger partial charge in [0, 0.05) is 29.1 Å². The monoisotopic (exact) mass is 367 g/mol. The predicted octanol–water partition coefficient (Wildman–Crippen LogP) is 4.56. The van der Waals surface area contributed by atoms with Gasteiger partial charge in [0.2, 0.25) is 0 Å². The zero-order valence-electron chi connectivity index (χ0n) is 14.2. The number of benzene rings is 1. The van der Waals surface area contributed by atoms with Crippen molar-refractivity contribution < 1.29 is 9.32 Å². The van der Waals surface area contributed by atoms with Gasteiger partial charge in [-0.1, -0.05) is 35.0 Å². The van der Waals surface area contributed by atoms with Crippen LogP contribution in [0.2, 0.25) is 5.02 Å². The van der Waals surface area contributed by atoms with Crippen LogP contribution in [0, 0.1) is 0 Å². The van der Waals surface area contributed by atoms with Gasteiger partial charge in [-0.3, -0.25) is 4.79 Å². The number of amides is 1. The number of hydrogen-bond donors (Lipinski definition) is 1. The first-order valence-electron chi connectivity index (χ1n) is 9.02. The van der Waals surface area contributed by atoms with E-state index in [1.807, 2.05) is 30.3 Å². The van der Waals surface area contributed by atoms with Crippen LogP contribution in [0.1, 0.15) is 64.8 Å². The molecule has 1 amide bonds. The third-order valence-corrected chi connectivity index (χ3v) is 5.46. The van der Waals surface area contributed by atoms with Crippen LogP contribution in [-0.4, -0.2) is 16.0 Å². The van der Waals surface area contributed by atoms with Crippen molar-refractivity contribution in [2.24, 2.45) is 0 Å². The van der Waals surface area contributed by atoms with Gasteiger partial charge in [-0.2, -0.15) is 0 Å². The van der Waals surface area contributed by atoms with Gasteiger partial charge in [0.1, 0.15) is 0 Å². The molecule has 0 radical (unpaired) electrons. The van der Waals surface area contributed by atoms with Gasteiger partial charge in [-0.25, -0.2) is 4.98 Å². The van der Waals surface area contributed by atoms with E-state index in [2.05, 4.69) is 15.5 Å². The molecule has 2 aromatic heterocycles. The van der Waals surface area contributed by atoms with Gasteiger partial charge in [0.15, 0.2) is 0 Å². The molecule has 2 aliphatic carbocycles. The second kappa shape index (κ2) is 6.09. The highest BCUT2D eigenvalue weighted by Gasteiger charge is 2.34. The first-order valence-corrected chi connectivity index (χ1v) is 9.40. The summed E-state index contributed by atoms with van der Waals surface area (Å²) >= 11 is 6.20. The Morgan fingerprint density at radius 1 is 1.19 bits per heavy atom. The van der Waals surface area contributed by atoms with Crippen molar-refractivity contribution >= 4 is 28.6 Å². The fourth-order valence-electron chi connectivity index (χ4n) is 3.31.